The molecule has 0 saturated carbocycles. The molecule has 0 fully saturated rings. The van der Waals surface area contributed by atoms with E-state index in [4.69, 9.17) is 4.42 Å². The predicted octanol–water partition coefficient (Wildman–Crippen LogP) is 1.94. The summed E-state index contributed by atoms with van der Waals surface area (Å²) in [7, 11) is 0. The van der Waals surface area contributed by atoms with Gasteiger partial charge in [-0.05, 0) is 23.8 Å². The average Bonchev–Trinajstić information content (AvgIpc) is 2.65. The number of oxazole rings is 1. The lowest BCUT2D eigenvalue weighted by Crippen LogP contribution is -2.19. The van der Waals surface area contributed by atoms with Crippen LogP contribution in [0.2, 0.25) is 0 Å². The lowest BCUT2D eigenvalue weighted by molar-refractivity contribution is -0.116. The molecule has 0 atom stereocenters. The molecule has 0 spiro atoms. The number of carbonyl (C=O) groups is 1. The molecule has 1 aromatic heterocycles. The molecule has 0 aliphatic rings. The number of hydrogen-bond acceptors (Lipinski definition) is 3. The van der Waals surface area contributed by atoms with E-state index in [0.717, 1.165) is 16.7 Å². The van der Waals surface area contributed by atoms with Crippen molar-refractivity contribution in [1.82, 2.24) is 10.3 Å². The Morgan fingerprint density at radius 1 is 1.62 bits per heavy atom. The first-order valence-electron chi connectivity index (χ1n) is 4.95. The third kappa shape index (κ3) is 2.11. The smallest absolute Gasteiger partial charge is 0.243 e. The molecule has 4 heteroatoms. The average molecular weight is 216 g/mol. The van der Waals surface area contributed by atoms with Crippen molar-refractivity contribution in [2.24, 2.45) is 0 Å². The Morgan fingerprint density at radius 2 is 2.44 bits per heavy atom. The molecule has 0 bridgehead atoms. The van der Waals surface area contributed by atoms with Gasteiger partial charge in [0, 0.05) is 13.5 Å². The number of aromatic nitrogens is 1. The summed E-state index contributed by atoms with van der Waals surface area (Å²) in [5.74, 6) is 0.457. The maximum atomic E-state index is 11.0. The molecule has 0 radical (unpaired) electrons. The van der Waals surface area contributed by atoms with E-state index in [9.17, 15) is 4.79 Å². The van der Waals surface area contributed by atoms with Crippen LogP contribution in [0.5, 0.6) is 0 Å². The van der Waals surface area contributed by atoms with E-state index >= 15 is 0 Å². The Kier molecular flexibility index (Phi) is 2.72. The fourth-order valence-corrected chi connectivity index (χ4v) is 1.46. The van der Waals surface area contributed by atoms with Gasteiger partial charge in [-0.2, -0.15) is 0 Å². The van der Waals surface area contributed by atoms with Crippen LogP contribution in [0.15, 0.2) is 35.3 Å². The molecule has 0 aliphatic heterocycles. The molecule has 16 heavy (non-hydrogen) atoms. The van der Waals surface area contributed by atoms with Gasteiger partial charge >= 0.3 is 0 Å². The second kappa shape index (κ2) is 4.18. The highest BCUT2D eigenvalue weighted by Crippen LogP contribution is 2.16. The Bertz CT molecular complexity index is 543. The van der Waals surface area contributed by atoms with Crippen molar-refractivity contribution in [3.8, 4) is 0 Å². The zero-order chi connectivity index (χ0) is 11.5. The van der Waals surface area contributed by atoms with Crippen LogP contribution in [0, 0.1) is 6.92 Å². The number of nitrogens with zero attached hydrogens (tertiary/aromatic N) is 1. The standard InChI is InChI=1S/C12H12N2O2/c1-3-12(15)13-7-9-4-5-11-10(6-9)14-8(2)16-11/h3-6H,1,7H2,2H3,(H,13,15). The van der Waals surface area contributed by atoms with Crippen molar-refractivity contribution in [1.29, 1.82) is 0 Å². The number of carbonyl (C=O) groups excluding carboxylic acids is 1. The number of aryl methyl sites for hydroxylation is 1. The summed E-state index contributed by atoms with van der Waals surface area (Å²) in [5.41, 5.74) is 2.55. The van der Waals surface area contributed by atoms with Gasteiger partial charge in [0.15, 0.2) is 11.5 Å². The van der Waals surface area contributed by atoms with Gasteiger partial charge in [-0.3, -0.25) is 4.79 Å². The number of benzene rings is 1. The summed E-state index contributed by atoms with van der Waals surface area (Å²) in [6.45, 7) is 5.66. The van der Waals surface area contributed by atoms with E-state index in [-0.39, 0.29) is 5.91 Å². The molecule has 0 unspecified atom stereocenters. The van der Waals surface area contributed by atoms with Gasteiger partial charge in [0.2, 0.25) is 5.91 Å². The number of rotatable bonds is 3. The van der Waals surface area contributed by atoms with Crippen LogP contribution < -0.4 is 5.32 Å². The van der Waals surface area contributed by atoms with Crippen LogP contribution >= 0.6 is 0 Å². The van der Waals surface area contributed by atoms with Crippen molar-refractivity contribution < 1.29 is 9.21 Å². The summed E-state index contributed by atoms with van der Waals surface area (Å²) in [6, 6.07) is 5.65. The molecule has 1 N–H and O–H groups in total. The number of fused-ring (bicyclic) bond motifs is 1. The number of nitrogens with one attached hydrogen (secondary N) is 1. The molecule has 2 rings (SSSR count). The van der Waals surface area contributed by atoms with Gasteiger partial charge in [0.05, 0.1) is 0 Å². The first kappa shape index (κ1) is 10.4. The molecule has 1 amide bonds. The van der Waals surface area contributed by atoms with E-state index in [0.29, 0.717) is 12.4 Å². The highest BCUT2D eigenvalue weighted by atomic mass is 16.3. The predicted molar refractivity (Wildman–Crippen MR) is 60.8 cm³/mol. The van der Waals surface area contributed by atoms with Gasteiger partial charge in [0.25, 0.3) is 0 Å². The fourth-order valence-electron chi connectivity index (χ4n) is 1.46. The van der Waals surface area contributed by atoms with Crippen LogP contribution in [-0.2, 0) is 11.3 Å². The van der Waals surface area contributed by atoms with E-state index in [1.54, 1.807) is 6.92 Å². The first-order valence-corrected chi connectivity index (χ1v) is 4.95. The normalized spacial score (nSPS) is 10.3. The molecule has 1 heterocycles. The maximum absolute atomic E-state index is 11.0. The topological polar surface area (TPSA) is 55.1 Å². The minimum atomic E-state index is -0.184. The molecule has 4 nitrogen and oxygen atoms in total. The summed E-state index contributed by atoms with van der Waals surface area (Å²) >= 11 is 0. The first-order chi connectivity index (χ1) is 7.69. The molecule has 0 saturated heterocycles. The molecule has 0 aliphatic carbocycles. The Balaban J connectivity index is 2.19. The monoisotopic (exact) mass is 216 g/mol. The minimum absolute atomic E-state index is 0.184. The van der Waals surface area contributed by atoms with E-state index in [2.05, 4.69) is 16.9 Å². The second-order valence-corrected chi connectivity index (χ2v) is 3.46. The van der Waals surface area contributed by atoms with Crippen molar-refractivity contribution in [2.45, 2.75) is 13.5 Å². The highest BCUT2D eigenvalue weighted by Gasteiger charge is 2.03. The minimum Gasteiger partial charge on any atom is -0.441 e. The highest BCUT2D eigenvalue weighted by molar-refractivity contribution is 5.86. The van der Waals surface area contributed by atoms with Crippen LogP contribution in [0.4, 0.5) is 0 Å². The van der Waals surface area contributed by atoms with E-state index < -0.39 is 0 Å². The summed E-state index contributed by atoms with van der Waals surface area (Å²) < 4.78 is 5.36. The van der Waals surface area contributed by atoms with Crippen LogP contribution in [0.1, 0.15) is 11.5 Å². The Morgan fingerprint density at radius 3 is 3.19 bits per heavy atom. The largest absolute Gasteiger partial charge is 0.441 e. The van der Waals surface area contributed by atoms with Crippen molar-refractivity contribution >= 4 is 17.0 Å². The third-order valence-electron chi connectivity index (χ3n) is 2.21. The Labute approximate surface area is 93.0 Å². The number of amides is 1. The van der Waals surface area contributed by atoms with Crippen LogP contribution in [-0.4, -0.2) is 10.9 Å². The SMILES string of the molecule is C=CC(=O)NCc1ccc2oc(C)nc2c1. The summed E-state index contributed by atoms with van der Waals surface area (Å²) in [5, 5.41) is 2.70. The zero-order valence-corrected chi connectivity index (χ0v) is 8.99. The third-order valence-corrected chi connectivity index (χ3v) is 2.21. The zero-order valence-electron chi connectivity index (χ0n) is 8.99. The molecular formula is C12H12N2O2. The molecule has 1 aromatic carbocycles. The second-order valence-electron chi connectivity index (χ2n) is 3.46. The molecule has 2 aromatic rings. The van der Waals surface area contributed by atoms with Gasteiger partial charge in [0.1, 0.15) is 5.52 Å². The van der Waals surface area contributed by atoms with E-state index in [1.807, 2.05) is 18.2 Å². The maximum Gasteiger partial charge on any atom is 0.243 e. The van der Waals surface area contributed by atoms with Gasteiger partial charge in [-0.25, -0.2) is 4.98 Å². The van der Waals surface area contributed by atoms with Crippen molar-refractivity contribution in [3.63, 3.8) is 0 Å². The van der Waals surface area contributed by atoms with Gasteiger partial charge in [-0.1, -0.05) is 12.6 Å². The quantitative estimate of drug-likeness (QED) is 0.798. The Hall–Kier alpha value is -2.10. The lowest BCUT2D eigenvalue weighted by Gasteiger charge is -2.01. The summed E-state index contributed by atoms with van der Waals surface area (Å²) in [4.78, 5) is 15.2. The van der Waals surface area contributed by atoms with Crippen LogP contribution in [0.3, 0.4) is 0 Å². The number of hydrogen-bond donors (Lipinski definition) is 1. The fraction of sp³-hybridized carbons (Fsp3) is 0.167. The molecule has 82 valence electrons. The van der Waals surface area contributed by atoms with Gasteiger partial charge < -0.3 is 9.73 Å². The van der Waals surface area contributed by atoms with Crippen molar-refractivity contribution in [2.75, 3.05) is 0 Å². The van der Waals surface area contributed by atoms with Gasteiger partial charge in [-0.15, -0.1) is 0 Å². The van der Waals surface area contributed by atoms with Crippen LogP contribution in [0.25, 0.3) is 11.1 Å². The summed E-state index contributed by atoms with van der Waals surface area (Å²) in [6.07, 6.45) is 1.25. The molecular weight excluding hydrogens is 204 g/mol. The van der Waals surface area contributed by atoms with Crippen molar-refractivity contribution in [3.05, 3.63) is 42.3 Å². The lowest BCUT2D eigenvalue weighted by atomic mass is 10.2. The van der Waals surface area contributed by atoms with E-state index in [1.165, 1.54) is 6.08 Å².